The predicted molar refractivity (Wildman–Crippen MR) is 60.0 cm³/mol. The molecule has 0 atom stereocenters. The number of nitrogens with two attached hydrogens (primary N) is 2. The van der Waals surface area contributed by atoms with E-state index in [0.717, 1.165) is 16.8 Å². The molecule has 0 saturated heterocycles. The third-order valence-electron chi connectivity index (χ3n) is 1.73. The Hall–Kier alpha value is -1.84. The van der Waals surface area contributed by atoms with Crippen molar-refractivity contribution in [1.82, 2.24) is 4.98 Å². The highest BCUT2D eigenvalue weighted by molar-refractivity contribution is 6.08. The Morgan fingerprint density at radius 3 is 2.71 bits per heavy atom. The fraction of sp³-hybridized carbons (Fsp3) is 0.200. The first kappa shape index (κ1) is 10.2. The lowest BCUT2D eigenvalue weighted by Gasteiger charge is -2.03. The van der Waals surface area contributed by atoms with Gasteiger partial charge in [0.1, 0.15) is 5.82 Å². The van der Waals surface area contributed by atoms with E-state index in [9.17, 15) is 0 Å². The van der Waals surface area contributed by atoms with E-state index in [4.69, 9.17) is 11.5 Å². The molecule has 74 valence electrons. The summed E-state index contributed by atoms with van der Waals surface area (Å²) in [5.41, 5.74) is 13.6. The number of pyridine rings is 1. The summed E-state index contributed by atoms with van der Waals surface area (Å²) in [6.07, 6.45) is 3.12. The first-order chi connectivity index (χ1) is 6.67. The van der Waals surface area contributed by atoms with Gasteiger partial charge in [-0.05, 0) is 24.6 Å². The minimum atomic E-state index is 0.490. The molecule has 0 aliphatic carbocycles. The number of aryl methyl sites for hydroxylation is 1. The molecule has 1 aromatic heterocycles. The zero-order valence-corrected chi connectivity index (χ0v) is 8.36. The van der Waals surface area contributed by atoms with E-state index in [2.05, 4.69) is 9.98 Å². The summed E-state index contributed by atoms with van der Waals surface area (Å²) in [6.45, 7) is 1.96. The van der Waals surface area contributed by atoms with E-state index >= 15 is 0 Å². The molecule has 0 aliphatic rings. The van der Waals surface area contributed by atoms with Gasteiger partial charge in [0.05, 0.1) is 5.69 Å². The van der Waals surface area contributed by atoms with Crippen LogP contribution in [0.3, 0.4) is 0 Å². The fourth-order valence-electron chi connectivity index (χ4n) is 1.18. The highest BCUT2D eigenvalue weighted by atomic mass is 14.8. The van der Waals surface area contributed by atoms with Crippen LogP contribution in [0.1, 0.15) is 11.3 Å². The van der Waals surface area contributed by atoms with Gasteiger partial charge in [0, 0.05) is 25.0 Å². The molecule has 1 rings (SSSR count). The molecule has 4 N–H and O–H groups in total. The van der Waals surface area contributed by atoms with Gasteiger partial charge < -0.3 is 11.5 Å². The maximum absolute atomic E-state index is 5.62. The topological polar surface area (TPSA) is 77.3 Å². The van der Waals surface area contributed by atoms with Crippen LogP contribution < -0.4 is 11.5 Å². The number of hydrogen-bond donors (Lipinski definition) is 2. The van der Waals surface area contributed by atoms with Gasteiger partial charge in [0.2, 0.25) is 0 Å². The molecule has 0 unspecified atom stereocenters. The van der Waals surface area contributed by atoms with E-state index in [1.54, 1.807) is 19.3 Å². The normalized spacial score (nSPS) is 12.3. The van der Waals surface area contributed by atoms with Crippen LogP contribution in [-0.2, 0) is 0 Å². The van der Waals surface area contributed by atoms with Crippen molar-refractivity contribution >= 4 is 17.6 Å². The van der Waals surface area contributed by atoms with Crippen LogP contribution in [0.25, 0.3) is 5.57 Å². The van der Waals surface area contributed by atoms with Gasteiger partial charge in [-0.2, -0.15) is 0 Å². The predicted octanol–water partition coefficient (Wildman–Crippen LogP) is 0.972. The maximum Gasteiger partial charge on any atom is 0.124 e. The van der Waals surface area contributed by atoms with Gasteiger partial charge in [0.15, 0.2) is 0 Å². The number of aliphatic imine (C=N–C) groups is 1. The maximum atomic E-state index is 5.62. The van der Waals surface area contributed by atoms with Gasteiger partial charge >= 0.3 is 0 Å². The van der Waals surface area contributed by atoms with E-state index in [0.29, 0.717) is 5.82 Å². The second kappa shape index (κ2) is 4.41. The quantitative estimate of drug-likeness (QED) is 0.682. The summed E-state index contributed by atoms with van der Waals surface area (Å²) in [6, 6.07) is 3.72. The second-order valence-electron chi connectivity index (χ2n) is 2.96. The molecule has 1 heterocycles. The van der Waals surface area contributed by atoms with Crippen LogP contribution in [-0.4, -0.2) is 18.2 Å². The number of aromatic nitrogens is 1. The van der Waals surface area contributed by atoms with E-state index in [1.807, 2.05) is 13.0 Å². The summed E-state index contributed by atoms with van der Waals surface area (Å²) in [4.78, 5) is 8.05. The van der Waals surface area contributed by atoms with Gasteiger partial charge in [0.25, 0.3) is 0 Å². The third kappa shape index (κ3) is 2.32. The van der Waals surface area contributed by atoms with Crippen LogP contribution in [0.4, 0.5) is 5.82 Å². The monoisotopic (exact) mass is 190 g/mol. The first-order valence-electron chi connectivity index (χ1n) is 4.26. The molecule has 0 radical (unpaired) electrons. The molecule has 4 nitrogen and oxygen atoms in total. The van der Waals surface area contributed by atoms with Crippen molar-refractivity contribution in [3.05, 3.63) is 29.6 Å². The van der Waals surface area contributed by atoms with Crippen molar-refractivity contribution < 1.29 is 0 Å². The Bertz CT molecular complexity index is 359. The third-order valence-corrected chi connectivity index (χ3v) is 1.73. The fourth-order valence-corrected chi connectivity index (χ4v) is 1.18. The first-order valence-corrected chi connectivity index (χ1v) is 4.26. The van der Waals surface area contributed by atoms with E-state index in [1.165, 1.54) is 6.20 Å². The summed E-state index contributed by atoms with van der Waals surface area (Å²) in [7, 11) is 1.68. The lowest BCUT2D eigenvalue weighted by molar-refractivity contribution is 1.26. The zero-order valence-electron chi connectivity index (χ0n) is 8.36. The summed E-state index contributed by atoms with van der Waals surface area (Å²) in [5.74, 6) is 0.490. The Morgan fingerprint density at radius 2 is 2.21 bits per heavy atom. The number of nitrogens with zero attached hydrogens (tertiary/aromatic N) is 2. The van der Waals surface area contributed by atoms with Gasteiger partial charge in [-0.15, -0.1) is 0 Å². The number of hydrogen-bond acceptors (Lipinski definition) is 4. The smallest absolute Gasteiger partial charge is 0.124 e. The molecule has 14 heavy (non-hydrogen) atoms. The van der Waals surface area contributed by atoms with Crippen LogP contribution in [0.5, 0.6) is 0 Å². The van der Waals surface area contributed by atoms with Crippen molar-refractivity contribution in [1.29, 1.82) is 0 Å². The summed E-state index contributed by atoms with van der Waals surface area (Å²) >= 11 is 0. The van der Waals surface area contributed by atoms with Crippen molar-refractivity contribution in [2.24, 2.45) is 10.7 Å². The van der Waals surface area contributed by atoms with Gasteiger partial charge in [-0.25, -0.2) is 4.98 Å². The molecule has 0 aromatic carbocycles. The SMILES string of the molecule is CN=C/C(=C\N)c1cc(C)cc(N)n1. The number of nitrogen functional groups attached to an aromatic ring is 1. The Labute approximate surface area is 83.4 Å². The standard InChI is InChI=1S/C10H14N4/c1-7-3-9(14-10(12)4-7)8(5-11)6-13-2/h3-6H,11H2,1-2H3,(H2,12,14)/b8-5+,13-6?. The molecule has 0 bridgehead atoms. The Kier molecular flexibility index (Phi) is 3.23. The largest absolute Gasteiger partial charge is 0.404 e. The lowest BCUT2D eigenvalue weighted by Crippen LogP contribution is -1.99. The zero-order chi connectivity index (χ0) is 10.6. The van der Waals surface area contributed by atoms with Gasteiger partial charge in [-0.1, -0.05) is 0 Å². The Morgan fingerprint density at radius 1 is 1.50 bits per heavy atom. The summed E-state index contributed by atoms with van der Waals surface area (Å²) < 4.78 is 0. The molecule has 0 aliphatic heterocycles. The average molecular weight is 190 g/mol. The molecule has 1 aromatic rings. The van der Waals surface area contributed by atoms with Crippen LogP contribution in [0.15, 0.2) is 23.3 Å². The molecule has 0 fully saturated rings. The molecule has 0 saturated carbocycles. The highest BCUT2D eigenvalue weighted by Crippen LogP contribution is 2.13. The molecular formula is C10H14N4. The van der Waals surface area contributed by atoms with Crippen molar-refractivity contribution in [3.8, 4) is 0 Å². The molecule has 4 heteroatoms. The molecule has 0 spiro atoms. The Balaban J connectivity index is 3.17. The van der Waals surface area contributed by atoms with Crippen molar-refractivity contribution in [3.63, 3.8) is 0 Å². The minimum absolute atomic E-state index is 0.490. The van der Waals surface area contributed by atoms with Crippen LogP contribution in [0, 0.1) is 6.92 Å². The number of anilines is 1. The van der Waals surface area contributed by atoms with Crippen LogP contribution in [0.2, 0.25) is 0 Å². The number of allylic oxidation sites excluding steroid dienone is 1. The van der Waals surface area contributed by atoms with E-state index in [-0.39, 0.29) is 0 Å². The summed E-state index contributed by atoms with van der Waals surface area (Å²) in [5, 5.41) is 0. The lowest BCUT2D eigenvalue weighted by atomic mass is 10.1. The molecular weight excluding hydrogens is 176 g/mol. The van der Waals surface area contributed by atoms with E-state index < -0.39 is 0 Å². The van der Waals surface area contributed by atoms with Crippen molar-refractivity contribution in [2.75, 3.05) is 12.8 Å². The number of rotatable bonds is 2. The second-order valence-corrected chi connectivity index (χ2v) is 2.96. The average Bonchev–Trinajstić information content (AvgIpc) is 2.12. The molecule has 0 amide bonds. The highest BCUT2D eigenvalue weighted by Gasteiger charge is 2.01. The van der Waals surface area contributed by atoms with Crippen molar-refractivity contribution in [2.45, 2.75) is 6.92 Å². The van der Waals surface area contributed by atoms with Crippen LogP contribution >= 0.6 is 0 Å². The minimum Gasteiger partial charge on any atom is -0.404 e. The van der Waals surface area contributed by atoms with Gasteiger partial charge in [-0.3, -0.25) is 4.99 Å².